The van der Waals surface area contributed by atoms with Crippen molar-refractivity contribution in [2.24, 2.45) is 0 Å². The molecule has 0 aliphatic carbocycles. The number of benzene rings is 5. The van der Waals surface area contributed by atoms with Crippen LogP contribution < -0.4 is 0 Å². The Bertz CT molecular complexity index is 1300. The van der Waals surface area contributed by atoms with E-state index in [0.717, 1.165) is 0 Å². The molecule has 0 unspecified atom stereocenters. The molecule has 0 spiro atoms. The molecule has 0 radical (unpaired) electrons. The molecule has 140 valence electrons. The summed E-state index contributed by atoms with van der Waals surface area (Å²) in [7, 11) is 0. The van der Waals surface area contributed by atoms with Crippen LogP contribution in [0.3, 0.4) is 0 Å². The third-order valence-corrected chi connectivity index (χ3v) is 5.85. The molecule has 0 saturated carbocycles. The van der Waals surface area contributed by atoms with Crippen LogP contribution >= 0.6 is 0 Å². The summed E-state index contributed by atoms with van der Waals surface area (Å²) in [5.41, 5.74) is 6.50. The van der Waals surface area contributed by atoms with Crippen molar-refractivity contribution in [1.82, 2.24) is 0 Å². The standard InChI is InChI=1S/C29H24/c1-20(2)21-13-16-23(17-14-21)27-11-5-9-24-10-6-12-28(29(24)27)26-18-15-22-7-3-4-8-25(22)19-26/h3-20H,1-2H3. The molecule has 5 aromatic carbocycles. The van der Waals surface area contributed by atoms with Crippen molar-refractivity contribution in [2.45, 2.75) is 19.8 Å². The molecule has 0 aromatic heterocycles. The van der Waals surface area contributed by atoms with Gasteiger partial charge in [-0.05, 0) is 61.3 Å². The number of hydrogen-bond donors (Lipinski definition) is 0. The van der Waals surface area contributed by atoms with Crippen molar-refractivity contribution < 1.29 is 0 Å². The second-order valence-electron chi connectivity index (χ2n) is 8.05. The molecule has 0 N–H and O–H groups in total. The van der Waals surface area contributed by atoms with Crippen LogP contribution in [0.5, 0.6) is 0 Å². The maximum Gasteiger partial charge on any atom is -0.00268 e. The minimum atomic E-state index is 0.546. The number of rotatable bonds is 3. The molecule has 0 nitrogen and oxygen atoms in total. The lowest BCUT2D eigenvalue weighted by atomic mass is 9.90. The van der Waals surface area contributed by atoms with Gasteiger partial charge in [-0.3, -0.25) is 0 Å². The van der Waals surface area contributed by atoms with Crippen LogP contribution in [0.2, 0.25) is 0 Å². The van der Waals surface area contributed by atoms with Crippen LogP contribution in [0, 0.1) is 0 Å². The summed E-state index contributed by atoms with van der Waals surface area (Å²) in [6.07, 6.45) is 0. The lowest BCUT2D eigenvalue weighted by molar-refractivity contribution is 0.867. The van der Waals surface area contributed by atoms with Crippen molar-refractivity contribution in [3.8, 4) is 22.3 Å². The quantitative estimate of drug-likeness (QED) is 0.298. The normalized spacial score (nSPS) is 11.4. The Hall–Kier alpha value is -3.38. The highest BCUT2D eigenvalue weighted by Crippen LogP contribution is 2.37. The lowest BCUT2D eigenvalue weighted by Crippen LogP contribution is -1.89. The van der Waals surface area contributed by atoms with Gasteiger partial charge in [-0.1, -0.05) is 111 Å². The van der Waals surface area contributed by atoms with Gasteiger partial charge in [0.1, 0.15) is 0 Å². The third kappa shape index (κ3) is 3.21. The first-order chi connectivity index (χ1) is 14.2. The van der Waals surface area contributed by atoms with E-state index in [1.807, 2.05) is 0 Å². The molecule has 29 heavy (non-hydrogen) atoms. The fourth-order valence-electron chi connectivity index (χ4n) is 4.23. The molecule has 0 bridgehead atoms. The molecule has 0 aliphatic heterocycles. The second-order valence-corrected chi connectivity index (χ2v) is 8.05. The lowest BCUT2D eigenvalue weighted by Gasteiger charge is -2.14. The predicted molar refractivity (Wildman–Crippen MR) is 126 cm³/mol. The summed E-state index contributed by atoms with van der Waals surface area (Å²) >= 11 is 0. The van der Waals surface area contributed by atoms with Crippen molar-refractivity contribution in [3.63, 3.8) is 0 Å². The molecule has 0 heteroatoms. The molecule has 0 atom stereocenters. The van der Waals surface area contributed by atoms with Crippen LogP contribution in [0.4, 0.5) is 0 Å². The van der Waals surface area contributed by atoms with E-state index in [0.29, 0.717) is 5.92 Å². The van der Waals surface area contributed by atoms with Gasteiger partial charge in [-0.25, -0.2) is 0 Å². The van der Waals surface area contributed by atoms with Gasteiger partial charge < -0.3 is 0 Å². The molecule has 0 heterocycles. The second kappa shape index (κ2) is 7.22. The van der Waals surface area contributed by atoms with Gasteiger partial charge >= 0.3 is 0 Å². The molecular weight excluding hydrogens is 348 g/mol. The van der Waals surface area contributed by atoms with E-state index in [-0.39, 0.29) is 0 Å². The molecule has 0 amide bonds. The Morgan fingerprint density at radius 1 is 0.483 bits per heavy atom. The minimum Gasteiger partial charge on any atom is -0.0616 e. The van der Waals surface area contributed by atoms with Crippen LogP contribution in [-0.4, -0.2) is 0 Å². The van der Waals surface area contributed by atoms with Crippen molar-refractivity contribution in [2.75, 3.05) is 0 Å². The maximum atomic E-state index is 2.31. The van der Waals surface area contributed by atoms with Gasteiger partial charge in [0.2, 0.25) is 0 Å². The van der Waals surface area contributed by atoms with Gasteiger partial charge in [0.05, 0.1) is 0 Å². The van der Waals surface area contributed by atoms with Gasteiger partial charge in [0.15, 0.2) is 0 Å². The average molecular weight is 373 g/mol. The predicted octanol–water partition coefficient (Wildman–Crippen LogP) is 8.45. The van der Waals surface area contributed by atoms with E-state index >= 15 is 0 Å². The van der Waals surface area contributed by atoms with Crippen LogP contribution in [0.25, 0.3) is 43.8 Å². The minimum absolute atomic E-state index is 0.546. The van der Waals surface area contributed by atoms with Crippen LogP contribution in [-0.2, 0) is 0 Å². The third-order valence-electron chi connectivity index (χ3n) is 5.85. The van der Waals surface area contributed by atoms with Gasteiger partial charge in [0, 0.05) is 0 Å². The molecule has 5 rings (SSSR count). The Morgan fingerprint density at radius 2 is 1.07 bits per heavy atom. The first-order valence-corrected chi connectivity index (χ1v) is 10.3. The highest BCUT2D eigenvalue weighted by atomic mass is 14.1. The summed E-state index contributed by atoms with van der Waals surface area (Å²) in [5.74, 6) is 0.546. The smallest absolute Gasteiger partial charge is 0.00268 e. The topological polar surface area (TPSA) is 0 Å². The average Bonchev–Trinajstić information content (AvgIpc) is 2.78. The van der Waals surface area contributed by atoms with Crippen molar-refractivity contribution >= 4 is 21.5 Å². The fourth-order valence-corrected chi connectivity index (χ4v) is 4.23. The van der Waals surface area contributed by atoms with Crippen molar-refractivity contribution in [3.05, 3.63) is 109 Å². The molecule has 5 aromatic rings. The molecule has 0 aliphatic rings. The zero-order valence-electron chi connectivity index (χ0n) is 16.9. The Morgan fingerprint density at radius 3 is 1.76 bits per heavy atom. The monoisotopic (exact) mass is 372 g/mol. The van der Waals surface area contributed by atoms with Gasteiger partial charge in [-0.15, -0.1) is 0 Å². The van der Waals surface area contributed by atoms with E-state index in [1.165, 1.54) is 49.4 Å². The van der Waals surface area contributed by atoms with E-state index in [2.05, 4.69) is 117 Å². The summed E-state index contributed by atoms with van der Waals surface area (Å²) < 4.78 is 0. The molecular formula is C29H24. The zero-order valence-corrected chi connectivity index (χ0v) is 16.9. The van der Waals surface area contributed by atoms with Gasteiger partial charge in [0.25, 0.3) is 0 Å². The molecule has 0 saturated heterocycles. The number of hydrogen-bond acceptors (Lipinski definition) is 0. The van der Waals surface area contributed by atoms with Crippen molar-refractivity contribution in [1.29, 1.82) is 0 Å². The van der Waals surface area contributed by atoms with Gasteiger partial charge in [-0.2, -0.15) is 0 Å². The van der Waals surface area contributed by atoms with Crippen LogP contribution in [0.1, 0.15) is 25.3 Å². The highest BCUT2D eigenvalue weighted by Gasteiger charge is 2.11. The summed E-state index contributed by atoms with van der Waals surface area (Å²) in [6, 6.07) is 37.7. The first-order valence-electron chi connectivity index (χ1n) is 10.3. The zero-order chi connectivity index (χ0) is 19.8. The SMILES string of the molecule is CC(C)c1ccc(-c2cccc3cccc(-c4ccc5ccccc5c4)c23)cc1. The van der Waals surface area contributed by atoms with E-state index in [9.17, 15) is 0 Å². The summed E-state index contributed by atoms with van der Waals surface area (Å²) in [6.45, 7) is 4.48. The largest absolute Gasteiger partial charge is 0.0616 e. The van der Waals surface area contributed by atoms with E-state index in [4.69, 9.17) is 0 Å². The maximum absolute atomic E-state index is 2.31. The first kappa shape index (κ1) is 17.7. The van der Waals surface area contributed by atoms with E-state index in [1.54, 1.807) is 0 Å². The highest BCUT2D eigenvalue weighted by molar-refractivity contribution is 6.07. The van der Waals surface area contributed by atoms with E-state index < -0.39 is 0 Å². The fraction of sp³-hybridized carbons (Fsp3) is 0.103. The number of fused-ring (bicyclic) bond motifs is 2. The summed E-state index contributed by atoms with van der Waals surface area (Å²) in [5, 5.41) is 5.16. The van der Waals surface area contributed by atoms with Crippen LogP contribution in [0.15, 0.2) is 103 Å². The Labute approximate surface area is 172 Å². The Kier molecular flexibility index (Phi) is 4.41. The Balaban J connectivity index is 1.74. The summed E-state index contributed by atoms with van der Waals surface area (Å²) in [4.78, 5) is 0. The molecule has 0 fully saturated rings.